The largest absolute Gasteiger partial charge is 0.457 e. The van der Waals surface area contributed by atoms with E-state index < -0.39 is 12.5 Å². The van der Waals surface area contributed by atoms with Gasteiger partial charge in [0.1, 0.15) is 5.75 Å². The molecule has 1 atom stereocenters. The molecule has 0 spiro atoms. The molecule has 0 bridgehead atoms. The fourth-order valence-electron chi connectivity index (χ4n) is 1.54. The van der Waals surface area contributed by atoms with Crippen molar-refractivity contribution in [2.24, 2.45) is 0 Å². The average molecular weight is 270 g/mol. The monoisotopic (exact) mass is 270 g/mol. The van der Waals surface area contributed by atoms with E-state index in [-0.39, 0.29) is 5.75 Å². The molecular weight excluding hydrogens is 260 g/mol. The van der Waals surface area contributed by atoms with Crippen molar-refractivity contribution in [1.29, 1.82) is 0 Å². The first-order valence-corrected chi connectivity index (χ1v) is 5.50. The molecular formula is C14H10F4O. The first kappa shape index (κ1) is 13.4. The number of benzene rings is 2. The summed E-state index contributed by atoms with van der Waals surface area (Å²) in [4.78, 5) is 0. The van der Waals surface area contributed by atoms with Crippen molar-refractivity contribution in [2.45, 2.75) is 12.5 Å². The van der Waals surface area contributed by atoms with Crippen LogP contribution in [0, 0.1) is 0 Å². The summed E-state index contributed by atoms with van der Waals surface area (Å²) in [5, 5.41) is 0. The molecule has 0 aliphatic carbocycles. The molecule has 19 heavy (non-hydrogen) atoms. The highest BCUT2D eigenvalue weighted by atomic mass is 19.4. The van der Waals surface area contributed by atoms with Gasteiger partial charge in [0.05, 0.1) is 0 Å². The second-order valence-electron chi connectivity index (χ2n) is 3.87. The van der Waals surface area contributed by atoms with Gasteiger partial charge >= 0.3 is 12.5 Å². The first-order chi connectivity index (χ1) is 8.97. The van der Waals surface area contributed by atoms with Crippen LogP contribution < -0.4 is 4.74 Å². The minimum atomic E-state index is -5.02. The number of hydrogen-bond acceptors (Lipinski definition) is 1. The summed E-state index contributed by atoms with van der Waals surface area (Å²) < 4.78 is 52.8. The Morgan fingerprint density at radius 3 is 1.84 bits per heavy atom. The Kier molecular flexibility index (Phi) is 3.74. The standard InChI is InChI=1S/C14H10F4O/c15-13(14(16,17)18)19-12-8-6-11(7-9-12)10-4-2-1-3-5-10/h1-9,13H. The van der Waals surface area contributed by atoms with Crippen molar-refractivity contribution in [3.05, 3.63) is 54.6 Å². The van der Waals surface area contributed by atoms with Crippen LogP contribution in [0.15, 0.2) is 54.6 Å². The Morgan fingerprint density at radius 2 is 1.32 bits per heavy atom. The highest BCUT2D eigenvalue weighted by Gasteiger charge is 2.42. The van der Waals surface area contributed by atoms with Crippen LogP contribution in [0.25, 0.3) is 11.1 Å². The van der Waals surface area contributed by atoms with E-state index in [4.69, 9.17) is 0 Å². The van der Waals surface area contributed by atoms with E-state index in [0.717, 1.165) is 11.1 Å². The molecule has 0 N–H and O–H groups in total. The van der Waals surface area contributed by atoms with Crippen LogP contribution in [-0.4, -0.2) is 12.5 Å². The van der Waals surface area contributed by atoms with Crippen LogP contribution in [0.4, 0.5) is 17.6 Å². The maximum atomic E-state index is 12.7. The molecule has 0 amide bonds. The van der Waals surface area contributed by atoms with Crippen molar-refractivity contribution < 1.29 is 22.3 Å². The molecule has 5 heteroatoms. The second kappa shape index (κ2) is 5.30. The summed E-state index contributed by atoms with van der Waals surface area (Å²) in [5.41, 5.74) is 1.73. The first-order valence-electron chi connectivity index (χ1n) is 5.50. The molecule has 1 nitrogen and oxygen atoms in total. The molecule has 2 rings (SSSR count). The number of alkyl halides is 4. The fraction of sp³-hybridized carbons (Fsp3) is 0.143. The van der Waals surface area contributed by atoms with Crippen LogP contribution in [-0.2, 0) is 0 Å². The summed E-state index contributed by atoms with van der Waals surface area (Å²) in [7, 11) is 0. The Balaban J connectivity index is 2.11. The zero-order chi connectivity index (χ0) is 13.9. The SMILES string of the molecule is FC(Oc1ccc(-c2ccccc2)cc1)C(F)(F)F. The van der Waals surface area contributed by atoms with Crippen LogP contribution in [0.5, 0.6) is 5.75 Å². The van der Waals surface area contributed by atoms with E-state index in [9.17, 15) is 17.6 Å². The van der Waals surface area contributed by atoms with Crippen molar-refractivity contribution in [3.8, 4) is 16.9 Å². The predicted molar refractivity (Wildman–Crippen MR) is 63.5 cm³/mol. The molecule has 0 radical (unpaired) electrons. The molecule has 0 saturated carbocycles. The van der Waals surface area contributed by atoms with Crippen LogP contribution >= 0.6 is 0 Å². The summed E-state index contributed by atoms with van der Waals surface area (Å²) in [6.45, 7) is 0. The fourth-order valence-corrected chi connectivity index (χ4v) is 1.54. The molecule has 0 aromatic heterocycles. The zero-order valence-corrected chi connectivity index (χ0v) is 9.69. The zero-order valence-electron chi connectivity index (χ0n) is 9.69. The van der Waals surface area contributed by atoms with Crippen LogP contribution in [0.2, 0.25) is 0 Å². The van der Waals surface area contributed by atoms with E-state index in [1.165, 1.54) is 12.1 Å². The van der Waals surface area contributed by atoms with Crippen molar-refractivity contribution in [2.75, 3.05) is 0 Å². The lowest BCUT2D eigenvalue weighted by molar-refractivity contribution is -0.236. The van der Waals surface area contributed by atoms with Gasteiger partial charge in [-0.25, -0.2) is 0 Å². The molecule has 0 saturated heterocycles. The smallest absolute Gasteiger partial charge is 0.452 e. The number of hydrogen-bond donors (Lipinski definition) is 0. The summed E-state index contributed by atoms with van der Waals surface area (Å²) in [5.74, 6) is -0.162. The molecule has 0 aliphatic rings. The maximum Gasteiger partial charge on any atom is 0.457 e. The van der Waals surface area contributed by atoms with Gasteiger partial charge in [-0.2, -0.15) is 17.6 Å². The number of ether oxygens (including phenoxy) is 1. The van der Waals surface area contributed by atoms with Gasteiger partial charge in [0.15, 0.2) is 0 Å². The van der Waals surface area contributed by atoms with E-state index in [1.807, 2.05) is 30.3 Å². The van der Waals surface area contributed by atoms with Gasteiger partial charge in [0.25, 0.3) is 0 Å². The van der Waals surface area contributed by atoms with E-state index in [0.29, 0.717) is 0 Å². The normalized spacial score (nSPS) is 13.1. The van der Waals surface area contributed by atoms with E-state index in [2.05, 4.69) is 4.74 Å². The van der Waals surface area contributed by atoms with Crippen molar-refractivity contribution >= 4 is 0 Å². The third kappa shape index (κ3) is 3.47. The highest BCUT2D eigenvalue weighted by Crippen LogP contribution is 2.27. The van der Waals surface area contributed by atoms with Crippen molar-refractivity contribution in [3.63, 3.8) is 0 Å². The molecule has 2 aromatic rings. The van der Waals surface area contributed by atoms with Crippen molar-refractivity contribution in [1.82, 2.24) is 0 Å². The second-order valence-corrected chi connectivity index (χ2v) is 3.87. The third-order valence-electron chi connectivity index (χ3n) is 2.46. The summed E-state index contributed by atoms with van der Waals surface area (Å²) in [6.07, 6.45) is -8.33. The van der Waals surface area contributed by atoms with Crippen LogP contribution in [0.3, 0.4) is 0 Å². The van der Waals surface area contributed by atoms with Gasteiger partial charge in [-0.15, -0.1) is 0 Å². The summed E-state index contributed by atoms with van der Waals surface area (Å²) in [6, 6.07) is 15.1. The van der Waals surface area contributed by atoms with Gasteiger partial charge in [-0.3, -0.25) is 0 Å². The predicted octanol–water partition coefficient (Wildman–Crippen LogP) is 4.59. The molecule has 2 aromatic carbocycles. The minimum absolute atomic E-state index is 0.162. The molecule has 100 valence electrons. The van der Waals surface area contributed by atoms with Crippen LogP contribution in [0.1, 0.15) is 0 Å². The number of rotatable bonds is 3. The number of halogens is 4. The topological polar surface area (TPSA) is 9.23 Å². The van der Waals surface area contributed by atoms with Gasteiger partial charge < -0.3 is 4.74 Å². The summed E-state index contributed by atoms with van der Waals surface area (Å²) >= 11 is 0. The maximum absolute atomic E-state index is 12.7. The lowest BCUT2D eigenvalue weighted by atomic mass is 10.1. The Morgan fingerprint density at radius 1 is 0.789 bits per heavy atom. The highest BCUT2D eigenvalue weighted by molar-refractivity contribution is 5.63. The Hall–Kier alpha value is -2.04. The molecule has 0 fully saturated rings. The minimum Gasteiger partial charge on any atom is -0.452 e. The molecule has 0 aliphatic heterocycles. The Labute approximate surface area is 107 Å². The molecule has 0 heterocycles. The van der Waals surface area contributed by atoms with Gasteiger partial charge in [0.2, 0.25) is 0 Å². The Bertz CT molecular complexity index is 519. The lowest BCUT2D eigenvalue weighted by Crippen LogP contribution is -2.29. The molecule has 1 unspecified atom stereocenters. The quantitative estimate of drug-likeness (QED) is 0.741. The van der Waals surface area contributed by atoms with Gasteiger partial charge in [-0.1, -0.05) is 42.5 Å². The van der Waals surface area contributed by atoms with E-state index >= 15 is 0 Å². The van der Waals surface area contributed by atoms with Gasteiger partial charge in [0, 0.05) is 0 Å². The third-order valence-corrected chi connectivity index (χ3v) is 2.46. The lowest BCUT2D eigenvalue weighted by Gasteiger charge is -2.14. The van der Waals surface area contributed by atoms with E-state index in [1.54, 1.807) is 12.1 Å². The van der Waals surface area contributed by atoms with Gasteiger partial charge in [-0.05, 0) is 23.3 Å². The average Bonchev–Trinajstić information content (AvgIpc) is 2.39.